The van der Waals surface area contributed by atoms with E-state index in [-0.39, 0.29) is 40.1 Å². The fraction of sp³-hybridized carbons (Fsp3) is 0.435. The van der Waals surface area contributed by atoms with Crippen molar-refractivity contribution in [2.24, 2.45) is 0 Å². The fourth-order valence-electron chi connectivity index (χ4n) is 4.94. The van der Waals surface area contributed by atoms with Gasteiger partial charge in [0, 0.05) is 37.8 Å². The first-order chi connectivity index (χ1) is 15.0. The van der Waals surface area contributed by atoms with Gasteiger partial charge in [-0.15, -0.1) is 0 Å². The summed E-state index contributed by atoms with van der Waals surface area (Å²) >= 11 is 6.75. The van der Waals surface area contributed by atoms with Crippen molar-refractivity contribution in [1.82, 2.24) is 10.2 Å². The van der Waals surface area contributed by atoms with Crippen LogP contribution < -0.4 is 15.0 Å². The van der Waals surface area contributed by atoms with Gasteiger partial charge in [-0.05, 0) is 38.0 Å². The van der Waals surface area contributed by atoms with E-state index in [0.29, 0.717) is 36.5 Å². The highest BCUT2D eigenvalue weighted by atomic mass is 35.5. The Hall–Kier alpha value is -2.51. The number of amides is 1. The Morgan fingerprint density at radius 1 is 1.26 bits per heavy atom. The van der Waals surface area contributed by atoms with E-state index in [9.17, 15) is 14.3 Å². The lowest BCUT2D eigenvalue weighted by Crippen LogP contribution is -2.55. The fourth-order valence-corrected chi connectivity index (χ4v) is 5.24. The number of carbonyl (C=O) groups is 1. The van der Waals surface area contributed by atoms with Crippen molar-refractivity contribution in [3.8, 4) is 22.6 Å². The molecule has 3 aliphatic rings. The Morgan fingerprint density at radius 3 is 2.84 bits per heavy atom. The van der Waals surface area contributed by atoms with E-state index in [1.165, 1.54) is 18.2 Å². The van der Waals surface area contributed by atoms with Gasteiger partial charge in [0.1, 0.15) is 23.7 Å². The van der Waals surface area contributed by atoms with E-state index in [4.69, 9.17) is 16.3 Å². The Labute approximate surface area is 185 Å². The number of fused-ring (bicyclic) bond motifs is 2. The predicted molar refractivity (Wildman–Crippen MR) is 118 cm³/mol. The molecule has 2 N–H and O–H groups in total. The van der Waals surface area contributed by atoms with Gasteiger partial charge in [0.15, 0.2) is 5.75 Å². The number of aromatic hydroxyl groups is 1. The van der Waals surface area contributed by atoms with E-state index in [1.807, 2.05) is 4.90 Å². The van der Waals surface area contributed by atoms with Crippen LogP contribution in [0.15, 0.2) is 24.3 Å². The van der Waals surface area contributed by atoms with E-state index in [2.05, 4.69) is 17.1 Å². The average Bonchev–Trinajstić information content (AvgIpc) is 3.12. The summed E-state index contributed by atoms with van der Waals surface area (Å²) in [6.07, 6.45) is 2.01. The van der Waals surface area contributed by atoms with Crippen molar-refractivity contribution in [3.05, 3.63) is 40.7 Å². The number of hydrogen-bond donors (Lipinski definition) is 2. The lowest BCUT2D eigenvalue weighted by molar-refractivity contribution is 0.0607. The molecule has 2 fully saturated rings. The summed E-state index contributed by atoms with van der Waals surface area (Å²) in [5, 5.41) is 13.9. The van der Waals surface area contributed by atoms with Crippen LogP contribution in [0.3, 0.4) is 0 Å². The van der Waals surface area contributed by atoms with Crippen LogP contribution in [0.1, 0.15) is 30.1 Å². The van der Waals surface area contributed by atoms with Crippen molar-refractivity contribution in [3.63, 3.8) is 0 Å². The van der Waals surface area contributed by atoms with Crippen molar-refractivity contribution in [2.75, 3.05) is 37.7 Å². The van der Waals surface area contributed by atoms with Crippen molar-refractivity contribution in [2.45, 2.75) is 31.8 Å². The Bertz CT molecular complexity index is 1030. The maximum atomic E-state index is 14.8. The molecule has 0 unspecified atom stereocenters. The molecule has 0 saturated carbocycles. The minimum Gasteiger partial charge on any atom is -0.507 e. The molecule has 0 aliphatic carbocycles. The molecular formula is C23H25ClFN3O3. The molecule has 2 aromatic carbocycles. The maximum absolute atomic E-state index is 14.8. The zero-order chi connectivity index (χ0) is 21.7. The molecular weight excluding hydrogens is 421 g/mol. The van der Waals surface area contributed by atoms with E-state index in [1.54, 1.807) is 6.07 Å². The number of nitrogens with zero attached hydrogens (tertiary/aromatic N) is 2. The van der Waals surface area contributed by atoms with Gasteiger partial charge in [0.2, 0.25) is 0 Å². The first kappa shape index (κ1) is 20.4. The van der Waals surface area contributed by atoms with Gasteiger partial charge in [-0.3, -0.25) is 4.79 Å². The number of hydrogen-bond acceptors (Lipinski definition) is 5. The molecule has 6 nitrogen and oxygen atoms in total. The zero-order valence-electron chi connectivity index (χ0n) is 17.3. The molecule has 0 spiro atoms. The highest BCUT2D eigenvalue weighted by Gasteiger charge is 2.39. The summed E-state index contributed by atoms with van der Waals surface area (Å²) in [4.78, 5) is 17.7. The van der Waals surface area contributed by atoms with Gasteiger partial charge < -0.3 is 25.0 Å². The average molecular weight is 446 g/mol. The number of phenolic OH excluding ortho intramolecular Hbond substituents is 1. The van der Waals surface area contributed by atoms with Gasteiger partial charge in [0.05, 0.1) is 22.3 Å². The third-order valence-electron chi connectivity index (χ3n) is 6.57. The second kappa shape index (κ2) is 7.88. The number of benzene rings is 2. The summed E-state index contributed by atoms with van der Waals surface area (Å²) in [6.45, 7) is 5.16. The number of nitrogens with one attached hydrogen (secondary N) is 1. The van der Waals surface area contributed by atoms with Crippen molar-refractivity contribution >= 4 is 23.2 Å². The van der Waals surface area contributed by atoms with E-state index < -0.39 is 5.82 Å². The van der Waals surface area contributed by atoms with Gasteiger partial charge in [-0.25, -0.2) is 4.39 Å². The molecule has 2 saturated heterocycles. The lowest BCUT2D eigenvalue weighted by atomic mass is 9.97. The molecule has 3 heterocycles. The first-order valence-electron chi connectivity index (χ1n) is 10.7. The molecule has 1 amide bonds. The van der Waals surface area contributed by atoms with Gasteiger partial charge in [-0.1, -0.05) is 17.7 Å². The van der Waals surface area contributed by atoms with Crippen LogP contribution in [-0.2, 0) is 0 Å². The van der Waals surface area contributed by atoms with Crippen LogP contribution in [0.4, 0.5) is 10.1 Å². The topological polar surface area (TPSA) is 65.0 Å². The molecule has 164 valence electrons. The van der Waals surface area contributed by atoms with Crippen LogP contribution in [-0.4, -0.2) is 60.8 Å². The number of anilines is 1. The van der Waals surface area contributed by atoms with Crippen LogP contribution >= 0.6 is 11.6 Å². The highest BCUT2D eigenvalue weighted by Crippen LogP contribution is 2.48. The lowest BCUT2D eigenvalue weighted by Gasteiger charge is -2.34. The number of carbonyl (C=O) groups excluding carboxylic acids is 1. The quantitative estimate of drug-likeness (QED) is 0.738. The molecule has 0 radical (unpaired) electrons. The predicted octanol–water partition coefficient (Wildman–Crippen LogP) is 3.65. The maximum Gasteiger partial charge on any atom is 0.260 e. The number of rotatable bonds is 2. The zero-order valence-corrected chi connectivity index (χ0v) is 18.1. The smallest absolute Gasteiger partial charge is 0.260 e. The first-order valence-corrected chi connectivity index (χ1v) is 11.1. The number of piperazine rings is 1. The standard InChI is InChI=1S/C23H25ClFN3O3/c1-13-4-3-8-27(13)17-10-15(19-16(25)5-2-6-18(19)29)21(24)22-20(17)23(30)28-9-7-26-11-14(28)12-31-22/h2,5-6,10,13-14,26,29H,3-4,7-9,11-12H2,1H3/t13-,14-/m1/s1. The molecule has 5 rings (SSSR count). The SMILES string of the molecule is C[C@@H]1CCCN1c1cc(-c2c(O)cccc2F)c(Cl)c2c1C(=O)N1CCNC[C@@H]1CO2. The summed E-state index contributed by atoms with van der Waals surface area (Å²) < 4.78 is 20.9. The molecule has 2 aromatic rings. The third-order valence-corrected chi connectivity index (χ3v) is 6.94. The van der Waals surface area contributed by atoms with E-state index >= 15 is 0 Å². The molecule has 31 heavy (non-hydrogen) atoms. The van der Waals surface area contributed by atoms with Crippen molar-refractivity contribution in [1.29, 1.82) is 0 Å². The Balaban J connectivity index is 1.76. The number of phenols is 1. The van der Waals surface area contributed by atoms with E-state index in [0.717, 1.165) is 25.9 Å². The monoisotopic (exact) mass is 445 g/mol. The van der Waals surface area contributed by atoms with Crippen molar-refractivity contribution < 1.29 is 19.0 Å². The van der Waals surface area contributed by atoms with Gasteiger partial charge >= 0.3 is 0 Å². The van der Waals surface area contributed by atoms with Crippen LogP contribution in [0.2, 0.25) is 5.02 Å². The second-order valence-electron chi connectivity index (χ2n) is 8.45. The summed E-state index contributed by atoms with van der Waals surface area (Å²) in [7, 11) is 0. The normalized spacial score (nSPS) is 23.3. The van der Waals surface area contributed by atoms with Gasteiger partial charge in [-0.2, -0.15) is 0 Å². The molecule has 3 aliphatic heterocycles. The summed E-state index contributed by atoms with van der Waals surface area (Å²) in [5.41, 5.74) is 1.47. The van der Waals surface area contributed by atoms with Crippen LogP contribution in [0.25, 0.3) is 11.1 Å². The second-order valence-corrected chi connectivity index (χ2v) is 8.83. The minimum atomic E-state index is -0.580. The molecule has 8 heteroatoms. The summed E-state index contributed by atoms with van der Waals surface area (Å²) in [6, 6.07) is 6.02. The largest absolute Gasteiger partial charge is 0.507 e. The van der Waals surface area contributed by atoms with Crippen LogP contribution in [0, 0.1) is 5.82 Å². The minimum absolute atomic E-state index is 0.0167. The van der Waals surface area contributed by atoms with Gasteiger partial charge in [0.25, 0.3) is 5.91 Å². The molecule has 0 bridgehead atoms. The highest BCUT2D eigenvalue weighted by molar-refractivity contribution is 6.36. The molecule has 0 aromatic heterocycles. The third kappa shape index (κ3) is 3.31. The number of halogens is 2. The summed E-state index contributed by atoms with van der Waals surface area (Å²) in [5.74, 6) is -0.623. The van der Waals surface area contributed by atoms with Crippen LogP contribution in [0.5, 0.6) is 11.5 Å². The Morgan fingerprint density at radius 2 is 2.10 bits per heavy atom. The Kier molecular flexibility index (Phi) is 5.18. The number of ether oxygens (including phenoxy) is 1. The molecule has 2 atom stereocenters.